The molecule has 1 aromatic carbocycles. The van der Waals surface area contributed by atoms with E-state index in [1.54, 1.807) is 0 Å². The van der Waals surface area contributed by atoms with E-state index in [1.165, 1.54) is 6.07 Å². The van der Waals surface area contributed by atoms with E-state index in [2.05, 4.69) is 39.3 Å². The molecule has 1 unspecified atom stereocenters. The fourth-order valence-corrected chi connectivity index (χ4v) is 3.47. The van der Waals surface area contributed by atoms with Crippen LogP contribution in [0.1, 0.15) is 38.8 Å². The lowest BCUT2D eigenvalue weighted by Gasteiger charge is -2.19. The van der Waals surface area contributed by atoms with Crippen molar-refractivity contribution in [3.8, 4) is 0 Å². The predicted molar refractivity (Wildman–Crippen MR) is 111 cm³/mol. The second-order valence-electron chi connectivity index (χ2n) is 7.18. The van der Waals surface area contributed by atoms with Gasteiger partial charge in [0.05, 0.1) is 4.92 Å². The lowest BCUT2D eigenvalue weighted by molar-refractivity contribution is -0.387. The number of nitrogens with one attached hydrogen (secondary N) is 2. The smallest absolute Gasteiger partial charge is 0.306 e. The fraction of sp³-hybridized carbons (Fsp3) is 0.500. The minimum atomic E-state index is -0.870. The molecule has 2 heterocycles. The van der Waals surface area contributed by atoms with Crippen molar-refractivity contribution in [2.75, 3.05) is 29.9 Å². The molecule has 1 aliphatic heterocycles. The Labute approximate surface area is 169 Å². The van der Waals surface area contributed by atoms with Crippen LogP contribution in [-0.4, -0.2) is 40.6 Å². The van der Waals surface area contributed by atoms with Crippen molar-refractivity contribution in [2.45, 2.75) is 45.6 Å². The van der Waals surface area contributed by atoms with Crippen LogP contribution < -0.4 is 15.5 Å². The van der Waals surface area contributed by atoms with Crippen molar-refractivity contribution in [1.29, 1.82) is 0 Å². The molecule has 0 aliphatic carbocycles. The zero-order chi connectivity index (χ0) is 20.8. The first-order valence-electron chi connectivity index (χ1n) is 10.1. The number of nitro benzene ring substituents is 1. The summed E-state index contributed by atoms with van der Waals surface area (Å²) in [6.07, 6.45) is 3.94. The highest BCUT2D eigenvalue weighted by Gasteiger charge is 2.24. The molecule has 1 aliphatic rings. The van der Waals surface area contributed by atoms with Crippen LogP contribution in [0.5, 0.6) is 0 Å². The molecule has 156 valence electrons. The molecule has 1 aromatic heterocycles. The molecule has 1 saturated heterocycles. The Hall–Kier alpha value is -2.81. The zero-order valence-corrected chi connectivity index (χ0v) is 16.8. The fourth-order valence-electron chi connectivity index (χ4n) is 3.47. The summed E-state index contributed by atoms with van der Waals surface area (Å²) in [7, 11) is 0. The summed E-state index contributed by atoms with van der Waals surface area (Å²) >= 11 is 0. The topological polar surface area (TPSA) is 96.2 Å². The molecule has 0 radical (unpaired) electrons. The van der Waals surface area contributed by atoms with Crippen molar-refractivity contribution in [1.82, 2.24) is 15.3 Å². The molecule has 9 heteroatoms. The second-order valence-corrected chi connectivity index (χ2v) is 7.18. The number of nitrogens with zero attached hydrogens (tertiary/aromatic N) is 4. The first-order chi connectivity index (χ1) is 14.0. The largest absolute Gasteiger partial charge is 0.355 e. The number of benzene rings is 1. The van der Waals surface area contributed by atoms with Crippen LogP contribution in [0.3, 0.4) is 0 Å². The third-order valence-electron chi connectivity index (χ3n) is 4.96. The van der Waals surface area contributed by atoms with Gasteiger partial charge in [-0.15, -0.1) is 0 Å². The number of halogens is 1. The van der Waals surface area contributed by atoms with E-state index in [9.17, 15) is 14.5 Å². The number of unbranched alkanes of at least 4 members (excludes halogenated alkanes) is 1. The monoisotopic (exact) mass is 402 g/mol. The van der Waals surface area contributed by atoms with E-state index in [1.807, 2.05) is 6.07 Å². The van der Waals surface area contributed by atoms with Crippen molar-refractivity contribution in [3.05, 3.63) is 45.9 Å². The van der Waals surface area contributed by atoms with Gasteiger partial charge in [0.1, 0.15) is 5.82 Å². The maximum Gasteiger partial charge on any atom is 0.306 e. The Morgan fingerprint density at radius 2 is 2.14 bits per heavy atom. The molecule has 3 rings (SSSR count). The van der Waals surface area contributed by atoms with Gasteiger partial charge in [0.25, 0.3) is 0 Å². The van der Waals surface area contributed by atoms with Gasteiger partial charge in [0, 0.05) is 42.6 Å². The number of hydrogen-bond acceptors (Lipinski definition) is 7. The normalized spacial score (nSPS) is 16.2. The van der Waals surface area contributed by atoms with Gasteiger partial charge < -0.3 is 15.5 Å². The number of hydrogen-bond donors (Lipinski definition) is 2. The maximum atomic E-state index is 13.6. The molecule has 29 heavy (non-hydrogen) atoms. The summed E-state index contributed by atoms with van der Waals surface area (Å²) < 4.78 is 13.6. The number of aryl methyl sites for hydroxylation is 1. The minimum Gasteiger partial charge on any atom is -0.355 e. The Balaban J connectivity index is 1.86. The van der Waals surface area contributed by atoms with Crippen molar-refractivity contribution in [3.63, 3.8) is 0 Å². The average molecular weight is 402 g/mol. The van der Waals surface area contributed by atoms with Gasteiger partial charge in [0.2, 0.25) is 11.8 Å². The molecule has 2 aromatic rings. The lowest BCUT2D eigenvalue weighted by Crippen LogP contribution is -2.32. The highest BCUT2D eigenvalue weighted by atomic mass is 19.1. The number of nitro groups is 1. The number of aromatic nitrogens is 2. The molecule has 2 N–H and O–H groups in total. The number of rotatable bonds is 9. The molecule has 8 nitrogen and oxygen atoms in total. The number of likely N-dealkylation sites (N-methyl/N-ethyl adjacent to an activating group) is 1. The van der Waals surface area contributed by atoms with Crippen LogP contribution >= 0.6 is 0 Å². The van der Waals surface area contributed by atoms with E-state index in [4.69, 9.17) is 0 Å². The van der Waals surface area contributed by atoms with Crippen LogP contribution in [0.2, 0.25) is 0 Å². The van der Waals surface area contributed by atoms with Gasteiger partial charge in [0.15, 0.2) is 0 Å². The SMILES string of the molecule is CCCCc1cc(N2CCC(NCC)C2)nc(Nc2ccc(F)c([N+](=O)[O-])c2)n1. The van der Waals surface area contributed by atoms with Crippen molar-refractivity contribution in [2.24, 2.45) is 0 Å². The summed E-state index contributed by atoms with van der Waals surface area (Å²) in [4.78, 5) is 21.7. The van der Waals surface area contributed by atoms with Crippen LogP contribution in [0.4, 0.5) is 27.5 Å². The molecule has 0 amide bonds. The van der Waals surface area contributed by atoms with Crippen LogP contribution in [0, 0.1) is 15.9 Å². The zero-order valence-electron chi connectivity index (χ0n) is 16.8. The third-order valence-corrected chi connectivity index (χ3v) is 4.96. The first kappa shape index (κ1) is 20.9. The van der Waals surface area contributed by atoms with Gasteiger partial charge in [-0.2, -0.15) is 9.37 Å². The summed E-state index contributed by atoms with van der Waals surface area (Å²) in [6, 6.07) is 6.13. The highest BCUT2D eigenvalue weighted by Crippen LogP contribution is 2.26. The van der Waals surface area contributed by atoms with E-state index in [0.29, 0.717) is 17.7 Å². The molecular formula is C20H27FN6O2. The van der Waals surface area contributed by atoms with Gasteiger partial charge in [-0.05, 0) is 37.9 Å². The molecule has 0 spiro atoms. The quantitative estimate of drug-likeness (QED) is 0.486. The van der Waals surface area contributed by atoms with E-state index in [0.717, 1.165) is 69.0 Å². The highest BCUT2D eigenvalue weighted by molar-refractivity contribution is 5.59. The summed E-state index contributed by atoms with van der Waals surface area (Å²) in [5.41, 5.74) is 0.719. The summed E-state index contributed by atoms with van der Waals surface area (Å²) in [6.45, 7) is 6.93. The minimum absolute atomic E-state index is 0.362. The molecule has 0 saturated carbocycles. The van der Waals surface area contributed by atoms with Crippen molar-refractivity contribution >= 4 is 23.1 Å². The Morgan fingerprint density at radius 1 is 1.31 bits per heavy atom. The van der Waals surface area contributed by atoms with Crippen LogP contribution in [0.15, 0.2) is 24.3 Å². The number of anilines is 3. The molecule has 1 atom stereocenters. The van der Waals surface area contributed by atoms with Gasteiger partial charge >= 0.3 is 5.69 Å². The van der Waals surface area contributed by atoms with Gasteiger partial charge in [-0.3, -0.25) is 10.1 Å². The van der Waals surface area contributed by atoms with Crippen molar-refractivity contribution < 1.29 is 9.31 Å². The molecule has 1 fully saturated rings. The van der Waals surface area contributed by atoms with Gasteiger partial charge in [-0.1, -0.05) is 20.3 Å². The molecular weight excluding hydrogens is 375 g/mol. The summed E-state index contributed by atoms with van der Waals surface area (Å²) in [5.74, 6) is 0.331. The molecule has 0 bridgehead atoms. The van der Waals surface area contributed by atoms with E-state index in [-0.39, 0.29) is 0 Å². The van der Waals surface area contributed by atoms with Crippen LogP contribution in [-0.2, 0) is 6.42 Å². The van der Waals surface area contributed by atoms with E-state index >= 15 is 0 Å². The van der Waals surface area contributed by atoms with Crippen LogP contribution in [0.25, 0.3) is 0 Å². The maximum absolute atomic E-state index is 13.6. The van der Waals surface area contributed by atoms with Gasteiger partial charge in [-0.25, -0.2) is 4.98 Å². The Bertz CT molecular complexity index is 863. The Kier molecular flexibility index (Phi) is 6.92. The average Bonchev–Trinajstić information content (AvgIpc) is 3.16. The first-order valence-corrected chi connectivity index (χ1v) is 10.1. The second kappa shape index (κ2) is 9.60. The predicted octanol–water partition coefficient (Wildman–Crippen LogP) is 3.80. The standard InChI is InChI=1S/C20H27FN6O2/c1-3-5-6-14-12-19(26-10-9-16(13-26)22-4-2)25-20(23-14)24-15-7-8-17(21)18(11-15)27(28)29/h7-8,11-12,16,22H,3-6,9-10,13H2,1-2H3,(H,23,24,25). The van der Waals surface area contributed by atoms with E-state index < -0.39 is 16.4 Å². The lowest BCUT2D eigenvalue weighted by atomic mass is 10.2. The summed E-state index contributed by atoms with van der Waals surface area (Å²) in [5, 5.41) is 17.5. The Morgan fingerprint density at radius 3 is 2.86 bits per heavy atom. The third kappa shape index (κ3) is 5.38.